The second kappa shape index (κ2) is 5.52. The Morgan fingerprint density at radius 2 is 2.06 bits per heavy atom. The summed E-state index contributed by atoms with van der Waals surface area (Å²) in [4.78, 5) is 22.4. The number of aliphatic carboxylic acids is 1. The number of furan rings is 1. The van der Waals surface area contributed by atoms with Crippen molar-refractivity contribution in [2.24, 2.45) is 5.92 Å². The van der Waals surface area contributed by atoms with Crippen LogP contribution in [0.25, 0.3) is 0 Å². The second-order valence-corrected chi connectivity index (χ2v) is 4.30. The maximum absolute atomic E-state index is 11.8. The highest BCUT2D eigenvalue weighted by atomic mass is 16.4. The van der Waals surface area contributed by atoms with E-state index in [1.807, 2.05) is 13.8 Å². The van der Waals surface area contributed by atoms with Crippen molar-refractivity contribution in [2.75, 3.05) is 6.54 Å². The first-order chi connectivity index (χ1) is 7.93. The number of rotatable bonds is 5. The fraction of sp³-hybridized carbons (Fsp3) is 0.500. The fourth-order valence-electron chi connectivity index (χ4n) is 1.38. The van der Waals surface area contributed by atoms with Crippen LogP contribution in [-0.2, 0) is 4.79 Å². The van der Waals surface area contributed by atoms with E-state index < -0.39 is 11.9 Å². The summed E-state index contributed by atoms with van der Waals surface area (Å²) in [6, 6.07) is 1.59. The number of carbonyl (C=O) groups excluding carboxylic acids is 1. The Hall–Kier alpha value is -1.78. The van der Waals surface area contributed by atoms with Gasteiger partial charge in [-0.2, -0.15) is 0 Å². The molecule has 1 unspecified atom stereocenters. The molecule has 17 heavy (non-hydrogen) atoms. The van der Waals surface area contributed by atoms with E-state index in [-0.39, 0.29) is 18.4 Å². The lowest BCUT2D eigenvalue weighted by Gasteiger charge is -2.09. The van der Waals surface area contributed by atoms with Crippen LogP contribution in [0.3, 0.4) is 0 Å². The molecule has 1 amide bonds. The van der Waals surface area contributed by atoms with E-state index in [1.54, 1.807) is 13.0 Å². The molecule has 0 aliphatic rings. The average molecular weight is 239 g/mol. The number of carbonyl (C=O) groups is 2. The minimum atomic E-state index is -0.929. The Morgan fingerprint density at radius 1 is 1.41 bits per heavy atom. The Balaban J connectivity index is 2.64. The fourth-order valence-corrected chi connectivity index (χ4v) is 1.38. The van der Waals surface area contributed by atoms with Gasteiger partial charge in [-0.1, -0.05) is 20.8 Å². The predicted octanol–water partition coefficient (Wildman–Crippen LogP) is 1.85. The van der Waals surface area contributed by atoms with Crippen LogP contribution in [0.2, 0.25) is 0 Å². The van der Waals surface area contributed by atoms with Crippen LogP contribution >= 0.6 is 0 Å². The van der Waals surface area contributed by atoms with Crippen LogP contribution in [0.15, 0.2) is 16.7 Å². The summed E-state index contributed by atoms with van der Waals surface area (Å²) in [5.41, 5.74) is 0.470. The van der Waals surface area contributed by atoms with Crippen molar-refractivity contribution in [1.82, 2.24) is 5.32 Å². The highest BCUT2D eigenvalue weighted by Gasteiger charge is 2.18. The van der Waals surface area contributed by atoms with Gasteiger partial charge in [0.1, 0.15) is 5.76 Å². The third-order valence-corrected chi connectivity index (χ3v) is 2.45. The van der Waals surface area contributed by atoms with Gasteiger partial charge in [-0.3, -0.25) is 9.59 Å². The summed E-state index contributed by atoms with van der Waals surface area (Å²) in [6.07, 6.45) is 1.46. The molecule has 1 atom stereocenters. The summed E-state index contributed by atoms with van der Waals surface area (Å²) in [7, 11) is 0. The zero-order chi connectivity index (χ0) is 13.0. The molecular formula is C12H17NO4. The van der Waals surface area contributed by atoms with Crippen LogP contribution < -0.4 is 5.32 Å². The molecule has 1 rings (SSSR count). The van der Waals surface area contributed by atoms with Crippen molar-refractivity contribution in [3.05, 3.63) is 23.7 Å². The molecule has 0 saturated carbocycles. The van der Waals surface area contributed by atoms with Crippen LogP contribution in [0.1, 0.15) is 42.8 Å². The molecule has 5 nitrogen and oxygen atoms in total. The topological polar surface area (TPSA) is 79.5 Å². The Morgan fingerprint density at radius 3 is 2.59 bits per heavy atom. The predicted molar refractivity (Wildman–Crippen MR) is 61.9 cm³/mol. The molecule has 0 aromatic carbocycles. The van der Waals surface area contributed by atoms with Crippen molar-refractivity contribution in [3.63, 3.8) is 0 Å². The maximum Gasteiger partial charge on any atom is 0.308 e. The highest BCUT2D eigenvalue weighted by molar-refractivity contribution is 5.95. The van der Waals surface area contributed by atoms with Gasteiger partial charge in [0.25, 0.3) is 5.91 Å². The van der Waals surface area contributed by atoms with E-state index >= 15 is 0 Å². The standard InChI is InChI=1S/C12H17NO4/c1-7(2)10-9(4-5-17-10)11(14)13-6-8(3)12(15)16/h4-5,7-8H,6H2,1-3H3,(H,13,14)(H,15,16). The Bertz CT molecular complexity index is 408. The molecule has 1 aromatic rings. The third kappa shape index (κ3) is 3.34. The first kappa shape index (κ1) is 13.3. The number of carboxylic acid groups (broad SMARTS) is 1. The number of hydrogen-bond donors (Lipinski definition) is 2. The molecule has 94 valence electrons. The van der Waals surface area contributed by atoms with Crippen molar-refractivity contribution in [2.45, 2.75) is 26.7 Å². The average Bonchev–Trinajstić information content (AvgIpc) is 2.73. The SMILES string of the molecule is CC(CNC(=O)c1ccoc1C(C)C)C(=O)O. The van der Waals surface area contributed by atoms with Crippen LogP contribution in [0.5, 0.6) is 0 Å². The smallest absolute Gasteiger partial charge is 0.308 e. The Labute approximate surface area is 99.8 Å². The van der Waals surface area contributed by atoms with E-state index in [0.717, 1.165) is 0 Å². The van der Waals surface area contributed by atoms with E-state index in [1.165, 1.54) is 6.26 Å². The van der Waals surface area contributed by atoms with Gasteiger partial charge in [0, 0.05) is 12.5 Å². The molecule has 0 aliphatic heterocycles. The van der Waals surface area contributed by atoms with Gasteiger partial charge >= 0.3 is 5.97 Å². The van der Waals surface area contributed by atoms with Crippen LogP contribution in [0.4, 0.5) is 0 Å². The van der Waals surface area contributed by atoms with Crippen molar-refractivity contribution < 1.29 is 19.1 Å². The lowest BCUT2D eigenvalue weighted by molar-refractivity contribution is -0.140. The summed E-state index contributed by atoms with van der Waals surface area (Å²) in [5.74, 6) is -1.10. The van der Waals surface area contributed by atoms with E-state index in [4.69, 9.17) is 9.52 Å². The lowest BCUT2D eigenvalue weighted by Crippen LogP contribution is -2.31. The first-order valence-corrected chi connectivity index (χ1v) is 5.51. The number of amides is 1. The van der Waals surface area contributed by atoms with Gasteiger partial charge in [0.2, 0.25) is 0 Å². The number of nitrogens with one attached hydrogen (secondary N) is 1. The monoisotopic (exact) mass is 239 g/mol. The van der Waals surface area contributed by atoms with Gasteiger partial charge < -0.3 is 14.8 Å². The summed E-state index contributed by atoms with van der Waals surface area (Å²) in [6.45, 7) is 5.50. The number of carboxylic acids is 1. The zero-order valence-electron chi connectivity index (χ0n) is 10.2. The van der Waals surface area contributed by atoms with Gasteiger partial charge in [0.15, 0.2) is 0 Å². The first-order valence-electron chi connectivity index (χ1n) is 5.51. The molecule has 0 spiro atoms. The van der Waals surface area contributed by atoms with Crippen LogP contribution in [-0.4, -0.2) is 23.5 Å². The van der Waals surface area contributed by atoms with Gasteiger partial charge in [-0.15, -0.1) is 0 Å². The molecule has 1 heterocycles. The van der Waals surface area contributed by atoms with Gasteiger partial charge in [-0.25, -0.2) is 0 Å². The number of hydrogen-bond acceptors (Lipinski definition) is 3. The second-order valence-electron chi connectivity index (χ2n) is 4.30. The summed E-state index contributed by atoms with van der Waals surface area (Å²) < 4.78 is 5.22. The molecule has 0 saturated heterocycles. The highest BCUT2D eigenvalue weighted by Crippen LogP contribution is 2.20. The van der Waals surface area contributed by atoms with Crippen LogP contribution in [0, 0.1) is 5.92 Å². The minimum Gasteiger partial charge on any atom is -0.481 e. The summed E-state index contributed by atoms with van der Waals surface area (Å²) in [5, 5.41) is 11.3. The third-order valence-electron chi connectivity index (χ3n) is 2.45. The molecular weight excluding hydrogens is 222 g/mol. The lowest BCUT2D eigenvalue weighted by atomic mass is 10.1. The quantitative estimate of drug-likeness (QED) is 0.821. The molecule has 0 bridgehead atoms. The minimum absolute atomic E-state index is 0.108. The van der Waals surface area contributed by atoms with Crippen molar-refractivity contribution >= 4 is 11.9 Å². The molecule has 0 aliphatic carbocycles. The van der Waals surface area contributed by atoms with E-state index in [9.17, 15) is 9.59 Å². The molecule has 2 N–H and O–H groups in total. The van der Waals surface area contributed by atoms with Gasteiger partial charge in [-0.05, 0) is 6.07 Å². The zero-order valence-corrected chi connectivity index (χ0v) is 10.2. The molecule has 0 fully saturated rings. The normalized spacial score (nSPS) is 12.5. The van der Waals surface area contributed by atoms with E-state index in [0.29, 0.717) is 11.3 Å². The summed E-state index contributed by atoms with van der Waals surface area (Å²) >= 11 is 0. The van der Waals surface area contributed by atoms with Gasteiger partial charge in [0.05, 0.1) is 17.7 Å². The molecule has 1 aromatic heterocycles. The largest absolute Gasteiger partial charge is 0.481 e. The van der Waals surface area contributed by atoms with E-state index in [2.05, 4.69) is 5.32 Å². The maximum atomic E-state index is 11.8. The van der Waals surface area contributed by atoms with Crippen molar-refractivity contribution in [3.8, 4) is 0 Å². The Kier molecular flexibility index (Phi) is 4.31. The molecule has 0 radical (unpaired) electrons. The molecule has 5 heteroatoms. The van der Waals surface area contributed by atoms with Crippen molar-refractivity contribution in [1.29, 1.82) is 0 Å².